The quantitative estimate of drug-likeness (QED) is 0.672. The lowest BCUT2D eigenvalue weighted by Crippen LogP contribution is -2.33. The summed E-state index contributed by atoms with van der Waals surface area (Å²) in [6, 6.07) is 8.00. The van der Waals surface area contributed by atoms with E-state index in [2.05, 4.69) is 5.10 Å². The van der Waals surface area contributed by atoms with Gasteiger partial charge in [-0.1, -0.05) is 6.07 Å². The second-order valence-corrected chi connectivity index (χ2v) is 6.18. The lowest BCUT2D eigenvalue weighted by atomic mass is 9.92. The molecule has 4 rings (SSSR count). The minimum absolute atomic E-state index is 0.176. The molecule has 3 aromatic rings. The molecule has 0 unspecified atom stereocenters. The van der Waals surface area contributed by atoms with Crippen molar-refractivity contribution in [3.05, 3.63) is 82.3 Å². The van der Waals surface area contributed by atoms with Crippen molar-refractivity contribution < 1.29 is 17.9 Å². The normalized spacial score (nSPS) is 20.2. The Labute approximate surface area is 146 Å². The van der Waals surface area contributed by atoms with Gasteiger partial charge in [-0.05, 0) is 37.3 Å². The third kappa shape index (κ3) is 2.53. The molecule has 5 nitrogen and oxygen atoms in total. The van der Waals surface area contributed by atoms with E-state index in [0.717, 1.165) is 12.1 Å². The first-order valence-electron chi connectivity index (χ1n) is 7.94. The van der Waals surface area contributed by atoms with Crippen molar-refractivity contribution in [1.29, 1.82) is 0 Å². The standard InChI is InChI=1S/C18H14F3N3O2/c1-11(18(9-26-18)15-7-4-13(20)8-16(15)21)24-17(25)23(10-22-24)14-5-2-12(19)3-6-14/h2-8,10-11H,9H2,1H3/t11-,18-/m1/s1. The molecule has 0 spiro atoms. The zero-order chi connectivity index (χ0) is 18.5. The van der Waals surface area contributed by atoms with Crippen molar-refractivity contribution in [3.63, 3.8) is 0 Å². The van der Waals surface area contributed by atoms with Gasteiger partial charge in [0.25, 0.3) is 0 Å². The molecule has 8 heteroatoms. The van der Waals surface area contributed by atoms with Crippen LogP contribution < -0.4 is 5.69 Å². The van der Waals surface area contributed by atoms with E-state index in [1.165, 1.54) is 45.9 Å². The summed E-state index contributed by atoms with van der Waals surface area (Å²) in [6.07, 6.45) is 1.31. The minimum Gasteiger partial charge on any atom is -0.362 e. The van der Waals surface area contributed by atoms with Crippen LogP contribution in [0.5, 0.6) is 0 Å². The summed E-state index contributed by atoms with van der Waals surface area (Å²) in [6.45, 7) is 1.87. The van der Waals surface area contributed by atoms with Gasteiger partial charge in [0.1, 0.15) is 29.4 Å². The molecule has 1 aliphatic heterocycles. The van der Waals surface area contributed by atoms with E-state index in [1.807, 2.05) is 0 Å². The fourth-order valence-electron chi connectivity index (χ4n) is 3.09. The molecule has 2 aromatic carbocycles. The van der Waals surface area contributed by atoms with Gasteiger partial charge in [-0.15, -0.1) is 0 Å². The van der Waals surface area contributed by atoms with Gasteiger partial charge in [0, 0.05) is 11.6 Å². The van der Waals surface area contributed by atoms with E-state index in [4.69, 9.17) is 4.74 Å². The average molecular weight is 361 g/mol. The lowest BCUT2D eigenvalue weighted by Gasteiger charge is -2.20. The summed E-state index contributed by atoms with van der Waals surface area (Å²) in [5.41, 5.74) is -0.923. The van der Waals surface area contributed by atoms with E-state index in [1.54, 1.807) is 6.92 Å². The maximum absolute atomic E-state index is 14.2. The molecule has 1 saturated heterocycles. The number of hydrogen-bond donors (Lipinski definition) is 0. The van der Waals surface area contributed by atoms with Crippen molar-refractivity contribution in [2.45, 2.75) is 18.6 Å². The molecule has 2 atom stereocenters. The predicted molar refractivity (Wildman–Crippen MR) is 86.5 cm³/mol. The molecule has 0 N–H and O–H groups in total. The molecule has 0 bridgehead atoms. The van der Waals surface area contributed by atoms with Crippen LogP contribution in [0.25, 0.3) is 5.69 Å². The summed E-state index contributed by atoms with van der Waals surface area (Å²) < 4.78 is 48.4. The maximum Gasteiger partial charge on any atom is 0.350 e. The molecule has 0 amide bonds. The molecule has 2 heterocycles. The lowest BCUT2D eigenvalue weighted by molar-refractivity contribution is 0.211. The zero-order valence-corrected chi connectivity index (χ0v) is 13.7. The molecule has 134 valence electrons. The van der Waals surface area contributed by atoms with Crippen LogP contribution >= 0.6 is 0 Å². The van der Waals surface area contributed by atoms with Crippen molar-refractivity contribution in [2.75, 3.05) is 6.61 Å². The van der Waals surface area contributed by atoms with Crippen molar-refractivity contribution in [2.24, 2.45) is 0 Å². The Morgan fingerprint density at radius 1 is 1.12 bits per heavy atom. The molecule has 0 saturated carbocycles. The minimum atomic E-state index is -1.08. The van der Waals surface area contributed by atoms with E-state index < -0.39 is 34.8 Å². The molecule has 0 aliphatic carbocycles. The molecular formula is C18H14F3N3O2. The van der Waals surface area contributed by atoms with Crippen LogP contribution in [0.4, 0.5) is 13.2 Å². The number of rotatable bonds is 4. The zero-order valence-electron chi connectivity index (χ0n) is 13.7. The Morgan fingerprint density at radius 2 is 1.77 bits per heavy atom. The molecule has 26 heavy (non-hydrogen) atoms. The molecule has 0 radical (unpaired) electrons. The van der Waals surface area contributed by atoms with E-state index in [-0.39, 0.29) is 12.2 Å². The first-order chi connectivity index (χ1) is 12.4. The Morgan fingerprint density at radius 3 is 2.38 bits per heavy atom. The average Bonchev–Trinajstić information content (AvgIpc) is 3.32. The third-order valence-corrected chi connectivity index (χ3v) is 4.68. The van der Waals surface area contributed by atoms with Gasteiger partial charge in [-0.3, -0.25) is 0 Å². The van der Waals surface area contributed by atoms with Crippen LogP contribution in [0, 0.1) is 17.5 Å². The largest absolute Gasteiger partial charge is 0.362 e. The van der Waals surface area contributed by atoms with Crippen LogP contribution in [0.2, 0.25) is 0 Å². The van der Waals surface area contributed by atoms with Gasteiger partial charge in [-0.25, -0.2) is 27.2 Å². The number of hydrogen-bond acceptors (Lipinski definition) is 3. The second kappa shape index (κ2) is 5.84. The highest BCUT2D eigenvalue weighted by Gasteiger charge is 2.54. The molecule has 1 aliphatic rings. The van der Waals surface area contributed by atoms with Crippen molar-refractivity contribution in [3.8, 4) is 5.69 Å². The van der Waals surface area contributed by atoms with Gasteiger partial charge in [-0.2, -0.15) is 5.10 Å². The fourth-order valence-corrected chi connectivity index (χ4v) is 3.09. The number of aromatic nitrogens is 3. The van der Waals surface area contributed by atoms with Crippen LogP contribution in [0.3, 0.4) is 0 Å². The van der Waals surface area contributed by atoms with Crippen molar-refractivity contribution >= 4 is 0 Å². The highest BCUT2D eigenvalue weighted by Crippen LogP contribution is 2.48. The Hall–Kier alpha value is -2.87. The van der Waals surface area contributed by atoms with Gasteiger partial charge in [0.15, 0.2) is 0 Å². The smallest absolute Gasteiger partial charge is 0.350 e. The topological polar surface area (TPSA) is 52.4 Å². The predicted octanol–water partition coefficient (Wildman–Crippen LogP) is 2.94. The Balaban J connectivity index is 1.72. The highest BCUT2D eigenvalue weighted by atomic mass is 19.1. The van der Waals surface area contributed by atoms with Gasteiger partial charge in [0.05, 0.1) is 18.3 Å². The summed E-state index contributed by atoms with van der Waals surface area (Å²) in [4.78, 5) is 12.7. The molecule has 1 fully saturated rings. The summed E-state index contributed by atoms with van der Waals surface area (Å²) in [7, 11) is 0. The monoisotopic (exact) mass is 361 g/mol. The SMILES string of the molecule is C[C@@H](n1ncn(-c2ccc(F)cc2)c1=O)[C@@]1(c2ccc(F)cc2F)CO1. The molecule has 1 aromatic heterocycles. The summed E-state index contributed by atoms with van der Waals surface area (Å²) in [5.74, 6) is -1.84. The number of halogens is 3. The Kier molecular flexibility index (Phi) is 3.73. The number of ether oxygens (including phenoxy) is 1. The van der Waals surface area contributed by atoms with Crippen LogP contribution in [-0.4, -0.2) is 21.0 Å². The summed E-state index contributed by atoms with van der Waals surface area (Å²) in [5, 5.41) is 4.09. The first-order valence-corrected chi connectivity index (χ1v) is 7.94. The first kappa shape index (κ1) is 16.6. The number of nitrogens with zero attached hydrogens (tertiary/aromatic N) is 3. The fraction of sp³-hybridized carbons (Fsp3) is 0.222. The highest BCUT2D eigenvalue weighted by molar-refractivity contribution is 5.32. The van der Waals surface area contributed by atoms with Crippen LogP contribution in [0.1, 0.15) is 18.5 Å². The maximum atomic E-state index is 14.2. The van der Waals surface area contributed by atoms with Gasteiger partial charge >= 0.3 is 5.69 Å². The van der Waals surface area contributed by atoms with E-state index in [0.29, 0.717) is 5.69 Å². The number of epoxide rings is 1. The van der Waals surface area contributed by atoms with E-state index >= 15 is 0 Å². The van der Waals surface area contributed by atoms with Crippen LogP contribution in [-0.2, 0) is 10.3 Å². The Bertz CT molecular complexity index is 1020. The number of benzene rings is 2. The summed E-state index contributed by atoms with van der Waals surface area (Å²) >= 11 is 0. The third-order valence-electron chi connectivity index (χ3n) is 4.68. The van der Waals surface area contributed by atoms with Crippen molar-refractivity contribution in [1.82, 2.24) is 14.3 Å². The van der Waals surface area contributed by atoms with Gasteiger partial charge < -0.3 is 4.74 Å². The van der Waals surface area contributed by atoms with Crippen LogP contribution in [0.15, 0.2) is 53.6 Å². The second-order valence-electron chi connectivity index (χ2n) is 6.18. The molecular weight excluding hydrogens is 347 g/mol. The van der Waals surface area contributed by atoms with E-state index in [9.17, 15) is 18.0 Å². The van der Waals surface area contributed by atoms with Gasteiger partial charge in [0.2, 0.25) is 0 Å².